The molecule has 1 aromatic rings. The van der Waals surface area contributed by atoms with E-state index in [4.69, 9.17) is 4.74 Å². The third-order valence-electron chi connectivity index (χ3n) is 2.97. The zero-order valence-electron chi connectivity index (χ0n) is 10.4. The lowest BCUT2D eigenvalue weighted by Gasteiger charge is -2.22. The summed E-state index contributed by atoms with van der Waals surface area (Å²) >= 11 is 3.44. The number of ether oxygens (including phenoxy) is 1. The normalized spacial score (nSPS) is 20.1. The molecule has 1 aromatic heterocycles. The highest BCUT2D eigenvalue weighted by Gasteiger charge is 2.26. The number of rotatable bonds is 6. The molecule has 96 valence electrons. The molecule has 0 bridgehead atoms. The highest BCUT2D eigenvalue weighted by atomic mass is 32.2. The molecule has 0 amide bonds. The molecule has 0 saturated carbocycles. The van der Waals surface area contributed by atoms with Crippen molar-refractivity contribution in [3.8, 4) is 0 Å². The van der Waals surface area contributed by atoms with Crippen LogP contribution in [-0.2, 0) is 11.2 Å². The van der Waals surface area contributed by atoms with E-state index in [0.717, 1.165) is 23.9 Å². The maximum atomic E-state index is 5.05. The van der Waals surface area contributed by atoms with Crippen LogP contribution in [0.15, 0.2) is 0 Å². The SMILES string of the molecule is COCCc1nsc(N2CCCC2CSC)n1. The van der Waals surface area contributed by atoms with Crippen molar-refractivity contribution in [1.29, 1.82) is 0 Å². The molecular weight excluding hydrogens is 254 g/mol. The van der Waals surface area contributed by atoms with Crippen molar-refractivity contribution in [2.75, 3.05) is 37.2 Å². The number of nitrogens with zero attached hydrogens (tertiary/aromatic N) is 3. The molecule has 0 N–H and O–H groups in total. The average Bonchev–Trinajstić information content (AvgIpc) is 2.95. The van der Waals surface area contributed by atoms with Gasteiger partial charge in [0.2, 0.25) is 5.13 Å². The van der Waals surface area contributed by atoms with E-state index >= 15 is 0 Å². The predicted octanol–water partition coefficient (Wildman–Crippen LogP) is 2.06. The van der Waals surface area contributed by atoms with E-state index in [0.29, 0.717) is 12.6 Å². The first-order valence-corrected chi connectivity index (χ1v) is 8.09. The van der Waals surface area contributed by atoms with Crippen LogP contribution < -0.4 is 4.90 Å². The van der Waals surface area contributed by atoms with Crippen molar-refractivity contribution in [1.82, 2.24) is 9.36 Å². The van der Waals surface area contributed by atoms with E-state index in [1.54, 1.807) is 7.11 Å². The summed E-state index contributed by atoms with van der Waals surface area (Å²) in [4.78, 5) is 7.03. The summed E-state index contributed by atoms with van der Waals surface area (Å²) in [7, 11) is 1.71. The summed E-state index contributed by atoms with van der Waals surface area (Å²) in [6.45, 7) is 1.83. The summed E-state index contributed by atoms with van der Waals surface area (Å²) in [5.74, 6) is 2.11. The molecule has 17 heavy (non-hydrogen) atoms. The Morgan fingerprint density at radius 3 is 3.24 bits per heavy atom. The van der Waals surface area contributed by atoms with E-state index in [-0.39, 0.29) is 0 Å². The maximum absolute atomic E-state index is 5.05. The van der Waals surface area contributed by atoms with Gasteiger partial charge in [-0.1, -0.05) is 0 Å². The molecule has 1 atom stereocenters. The molecule has 0 aliphatic carbocycles. The molecule has 1 fully saturated rings. The van der Waals surface area contributed by atoms with E-state index in [9.17, 15) is 0 Å². The van der Waals surface area contributed by atoms with Crippen LogP contribution in [0, 0.1) is 0 Å². The molecule has 1 aliphatic heterocycles. The van der Waals surface area contributed by atoms with Gasteiger partial charge < -0.3 is 9.64 Å². The molecule has 4 nitrogen and oxygen atoms in total. The van der Waals surface area contributed by atoms with Gasteiger partial charge in [0, 0.05) is 43.4 Å². The molecule has 0 radical (unpaired) electrons. The van der Waals surface area contributed by atoms with Gasteiger partial charge in [-0.3, -0.25) is 0 Å². The van der Waals surface area contributed by atoms with Crippen LogP contribution in [0.5, 0.6) is 0 Å². The topological polar surface area (TPSA) is 38.2 Å². The van der Waals surface area contributed by atoms with Crippen LogP contribution in [0.4, 0.5) is 5.13 Å². The Hall–Kier alpha value is -0.330. The van der Waals surface area contributed by atoms with Crippen LogP contribution in [0.1, 0.15) is 18.7 Å². The second kappa shape index (κ2) is 6.56. The number of hydrogen-bond donors (Lipinski definition) is 0. The molecule has 1 aliphatic rings. The van der Waals surface area contributed by atoms with Gasteiger partial charge in [0.25, 0.3) is 0 Å². The highest BCUT2D eigenvalue weighted by molar-refractivity contribution is 7.98. The van der Waals surface area contributed by atoms with Crippen LogP contribution in [0.3, 0.4) is 0 Å². The monoisotopic (exact) mass is 273 g/mol. The molecule has 1 unspecified atom stereocenters. The van der Waals surface area contributed by atoms with Crippen LogP contribution in [0.2, 0.25) is 0 Å². The van der Waals surface area contributed by atoms with Crippen molar-refractivity contribution in [3.63, 3.8) is 0 Å². The Labute approximate surface area is 111 Å². The van der Waals surface area contributed by atoms with Gasteiger partial charge in [-0.05, 0) is 19.1 Å². The van der Waals surface area contributed by atoms with Gasteiger partial charge in [0.15, 0.2) is 0 Å². The zero-order valence-corrected chi connectivity index (χ0v) is 12.0. The van der Waals surface area contributed by atoms with Gasteiger partial charge in [0.1, 0.15) is 5.82 Å². The smallest absolute Gasteiger partial charge is 0.205 e. The van der Waals surface area contributed by atoms with Gasteiger partial charge in [-0.2, -0.15) is 16.1 Å². The second-order valence-electron chi connectivity index (χ2n) is 4.18. The third-order valence-corrected chi connectivity index (χ3v) is 4.48. The predicted molar refractivity (Wildman–Crippen MR) is 74.2 cm³/mol. The number of thioether (sulfide) groups is 1. The number of aromatic nitrogens is 2. The largest absolute Gasteiger partial charge is 0.384 e. The molecule has 0 aromatic carbocycles. The summed E-state index contributed by atoms with van der Waals surface area (Å²) in [6.07, 6.45) is 5.54. The van der Waals surface area contributed by atoms with E-state index in [2.05, 4.69) is 20.5 Å². The number of hydrogen-bond acceptors (Lipinski definition) is 6. The average molecular weight is 273 g/mol. The van der Waals surface area contributed by atoms with Gasteiger partial charge in [0.05, 0.1) is 6.61 Å². The first-order valence-electron chi connectivity index (χ1n) is 5.92. The molecule has 2 rings (SSSR count). The first-order chi connectivity index (χ1) is 8.35. The lowest BCUT2D eigenvalue weighted by Crippen LogP contribution is -2.30. The van der Waals surface area contributed by atoms with E-state index < -0.39 is 0 Å². The number of anilines is 1. The standard InChI is InChI=1S/C11H19N3OS2/c1-15-7-5-10-12-11(17-13-10)14-6-3-4-9(14)8-16-2/h9H,3-8H2,1-2H3. The minimum atomic E-state index is 0.647. The molecule has 2 heterocycles. The van der Waals surface area contributed by atoms with Crippen LogP contribution >= 0.6 is 23.3 Å². The maximum Gasteiger partial charge on any atom is 0.205 e. The van der Waals surface area contributed by atoms with Crippen LogP contribution in [-0.4, -0.2) is 47.7 Å². The van der Waals surface area contributed by atoms with Crippen molar-refractivity contribution < 1.29 is 4.74 Å². The fraction of sp³-hybridized carbons (Fsp3) is 0.818. The Morgan fingerprint density at radius 1 is 1.59 bits per heavy atom. The van der Waals surface area contributed by atoms with Gasteiger partial charge >= 0.3 is 0 Å². The highest BCUT2D eigenvalue weighted by Crippen LogP contribution is 2.28. The Balaban J connectivity index is 1.98. The van der Waals surface area contributed by atoms with Crippen molar-refractivity contribution in [2.24, 2.45) is 0 Å². The Morgan fingerprint density at radius 2 is 2.47 bits per heavy atom. The number of methoxy groups -OCH3 is 1. The zero-order chi connectivity index (χ0) is 12.1. The van der Waals surface area contributed by atoms with E-state index in [1.165, 1.54) is 30.1 Å². The summed E-state index contributed by atoms with van der Waals surface area (Å²) in [5, 5.41) is 1.09. The van der Waals surface area contributed by atoms with Crippen LogP contribution in [0.25, 0.3) is 0 Å². The quantitative estimate of drug-likeness (QED) is 0.793. The fourth-order valence-electron chi connectivity index (χ4n) is 2.11. The van der Waals surface area contributed by atoms with Crippen molar-refractivity contribution >= 4 is 28.4 Å². The lowest BCUT2D eigenvalue weighted by molar-refractivity contribution is 0.201. The third kappa shape index (κ3) is 3.33. The van der Waals surface area contributed by atoms with E-state index in [1.807, 2.05) is 11.8 Å². The summed E-state index contributed by atoms with van der Waals surface area (Å²) in [6, 6.07) is 0.647. The Bertz CT molecular complexity index is 345. The second-order valence-corrected chi connectivity index (χ2v) is 5.82. The van der Waals surface area contributed by atoms with Crippen molar-refractivity contribution in [3.05, 3.63) is 5.82 Å². The summed E-state index contributed by atoms with van der Waals surface area (Å²) in [5.41, 5.74) is 0. The van der Waals surface area contributed by atoms with Gasteiger partial charge in [-0.25, -0.2) is 4.98 Å². The van der Waals surface area contributed by atoms with Gasteiger partial charge in [-0.15, -0.1) is 0 Å². The minimum absolute atomic E-state index is 0.647. The molecule has 6 heteroatoms. The molecule has 0 spiro atoms. The molecule has 1 saturated heterocycles. The Kier molecular flexibility index (Phi) is 5.06. The first kappa shape index (κ1) is 13.1. The molecular formula is C11H19N3OS2. The minimum Gasteiger partial charge on any atom is -0.384 e. The lowest BCUT2D eigenvalue weighted by atomic mass is 10.2. The van der Waals surface area contributed by atoms with Crippen molar-refractivity contribution in [2.45, 2.75) is 25.3 Å². The summed E-state index contributed by atoms with van der Waals surface area (Å²) < 4.78 is 9.44. The fourth-order valence-corrected chi connectivity index (χ4v) is 3.65.